The molecule has 0 aromatic heterocycles. The summed E-state index contributed by atoms with van der Waals surface area (Å²) in [5, 5.41) is 27.5. The monoisotopic (exact) mass is 186 g/mol. The fourth-order valence-corrected chi connectivity index (χ4v) is 1.48. The van der Waals surface area contributed by atoms with Gasteiger partial charge in [-0.15, -0.1) is 0 Å². The predicted molar refractivity (Wildman–Crippen MR) is 47.3 cm³/mol. The first kappa shape index (κ1) is 11.0. The van der Waals surface area contributed by atoms with Crippen LogP contribution in [0.2, 0.25) is 0 Å². The van der Waals surface area contributed by atoms with Crippen molar-refractivity contribution >= 4 is 7.85 Å². The second kappa shape index (κ2) is 3.96. The summed E-state index contributed by atoms with van der Waals surface area (Å²) in [6.07, 6.45) is -0.427. The highest BCUT2D eigenvalue weighted by Crippen LogP contribution is 2.31. The number of ether oxygens (including phenoxy) is 1. The molecule has 0 spiro atoms. The van der Waals surface area contributed by atoms with E-state index in [9.17, 15) is 5.11 Å². The van der Waals surface area contributed by atoms with Crippen molar-refractivity contribution in [3.8, 4) is 0 Å². The second-order valence-corrected chi connectivity index (χ2v) is 3.75. The Balaban J connectivity index is 2.66. The molecule has 2 unspecified atom stereocenters. The van der Waals surface area contributed by atoms with Gasteiger partial charge in [-0.05, 0) is 13.3 Å². The van der Waals surface area contributed by atoms with Gasteiger partial charge in [-0.3, -0.25) is 0 Å². The molecular formula is C8H15BO4. The molecule has 1 fully saturated rings. The maximum atomic E-state index is 9.60. The Bertz CT molecular complexity index is 178. The van der Waals surface area contributed by atoms with Crippen molar-refractivity contribution in [3.63, 3.8) is 0 Å². The van der Waals surface area contributed by atoms with Crippen molar-refractivity contribution in [2.24, 2.45) is 5.92 Å². The van der Waals surface area contributed by atoms with Crippen molar-refractivity contribution in [2.75, 3.05) is 13.2 Å². The van der Waals surface area contributed by atoms with Crippen LogP contribution in [0.3, 0.4) is 0 Å². The minimum absolute atomic E-state index is 0.111. The highest BCUT2D eigenvalue weighted by Gasteiger charge is 2.42. The average molecular weight is 186 g/mol. The maximum absolute atomic E-state index is 9.60. The molecule has 74 valence electrons. The van der Waals surface area contributed by atoms with Crippen LogP contribution in [0.4, 0.5) is 0 Å². The van der Waals surface area contributed by atoms with E-state index in [4.69, 9.17) is 22.8 Å². The quantitative estimate of drug-likeness (QED) is 0.465. The Morgan fingerprint density at radius 3 is 2.62 bits per heavy atom. The van der Waals surface area contributed by atoms with E-state index in [1.54, 1.807) is 6.92 Å². The second-order valence-electron chi connectivity index (χ2n) is 3.75. The first-order chi connectivity index (χ1) is 6.03. The largest absolute Gasteiger partial charge is 0.396 e. The molecule has 1 saturated heterocycles. The molecule has 0 aromatic rings. The normalized spacial score (nSPS) is 46.3. The lowest BCUT2D eigenvalue weighted by molar-refractivity contribution is -0.198. The van der Waals surface area contributed by atoms with E-state index < -0.39 is 17.7 Å². The summed E-state index contributed by atoms with van der Waals surface area (Å²) in [5.41, 5.74) is -0.995. The Labute approximate surface area is 78.9 Å². The van der Waals surface area contributed by atoms with Gasteiger partial charge in [-0.25, -0.2) is 0 Å². The zero-order chi connectivity index (χ0) is 10.1. The lowest BCUT2D eigenvalue weighted by Crippen LogP contribution is -2.55. The predicted octanol–water partition coefficient (Wildman–Crippen LogP) is -1.38. The van der Waals surface area contributed by atoms with Gasteiger partial charge in [0.25, 0.3) is 0 Å². The molecule has 2 radical (unpaired) electrons. The third kappa shape index (κ3) is 2.04. The van der Waals surface area contributed by atoms with Crippen LogP contribution in [0, 0.1) is 5.92 Å². The third-order valence-electron chi connectivity index (χ3n) is 2.65. The van der Waals surface area contributed by atoms with Gasteiger partial charge < -0.3 is 20.1 Å². The summed E-state index contributed by atoms with van der Waals surface area (Å²) >= 11 is 0. The highest BCUT2D eigenvalue weighted by atomic mass is 16.5. The van der Waals surface area contributed by atoms with Crippen LogP contribution in [0.15, 0.2) is 0 Å². The first-order valence-corrected chi connectivity index (χ1v) is 4.36. The summed E-state index contributed by atoms with van der Waals surface area (Å²) in [4.78, 5) is 0. The van der Waals surface area contributed by atoms with Gasteiger partial charge in [0, 0.05) is 18.5 Å². The Kier molecular flexibility index (Phi) is 3.35. The van der Waals surface area contributed by atoms with E-state index in [1.165, 1.54) is 0 Å². The molecule has 3 N–H and O–H groups in total. The zero-order valence-corrected chi connectivity index (χ0v) is 7.68. The van der Waals surface area contributed by atoms with Crippen molar-refractivity contribution in [2.45, 2.75) is 31.1 Å². The van der Waals surface area contributed by atoms with Crippen LogP contribution in [-0.2, 0) is 4.74 Å². The minimum atomic E-state index is -0.995. The molecule has 13 heavy (non-hydrogen) atoms. The third-order valence-corrected chi connectivity index (χ3v) is 2.65. The van der Waals surface area contributed by atoms with E-state index in [-0.39, 0.29) is 19.1 Å². The van der Waals surface area contributed by atoms with Gasteiger partial charge in [0.05, 0.1) is 12.7 Å². The Morgan fingerprint density at radius 1 is 1.54 bits per heavy atom. The standard InChI is InChI=1S/C8H15BO4/c1-8(4-11)6(12)2-5(3-10)7(9)13-8/h5-7,10-12H,2-4H2,1H3/t5?,6?,7-,8-/m1/s1. The lowest BCUT2D eigenvalue weighted by atomic mass is 9.76. The summed E-state index contributed by atoms with van der Waals surface area (Å²) in [7, 11) is 5.60. The molecule has 0 aliphatic carbocycles. The molecule has 1 aliphatic rings. The van der Waals surface area contributed by atoms with Gasteiger partial charge in [0.2, 0.25) is 0 Å². The zero-order valence-electron chi connectivity index (χ0n) is 7.68. The van der Waals surface area contributed by atoms with Gasteiger partial charge in [-0.2, -0.15) is 0 Å². The molecule has 0 amide bonds. The van der Waals surface area contributed by atoms with Crippen LogP contribution >= 0.6 is 0 Å². The van der Waals surface area contributed by atoms with E-state index in [0.717, 1.165) is 0 Å². The molecular weight excluding hydrogens is 171 g/mol. The fraction of sp³-hybridized carbons (Fsp3) is 1.00. The molecule has 1 rings (SSSR count). The molecule has 5 heteroatoms. The van der Waals surface area contributed by atoms with Crippen LogP contribution in [0.25, 0.3) is 0 Å². The lowest BCUT2D eigenvalue weighted by Gasteiger charge is -2.44. The summed E-state index contributed by atoms with van der Waals surface area (Å²) < 4.78 is 5.26. The number of aliphatic hydroxyl groups is 3. The maximum Gasteiger partial charge on any atom is 0.113 e. The molecule has 4 nitrogen and oxygen atoms in total. The number of hydrogen-bond donors (Lipinski definition) is 3. The number of aliphatic hydroxyl groups excluding tert-OH is 3. The van der Waals surface area contributed by atoms with E-state index in [2.05, 4.69) is 0 Å². The topological polar surface area (TPSA) is 69.9 Å². The van der Waals surface area contributed by atoms with Gasteiger partial charge in [0.1, 0.15) is 13.4 Å². The fourth-order valence-electron chi connectivity index (χ4n) is 1.48. The summed E-state index contributed by atoms with van der Waals surface area (Å²) in [5.74, 6) is -0.255. The van der Waals surface area contributed by atoms with Crippen LogP contribution in [0.1, 0.15) is 13.3 Å². The minimum Gasteiger partial charge on any atom is -0.396 e. The Hall–Kier alpha value is -0.0951. The molecule has 0 bridgehead atoms. The van der Waals surface area contributed by atoms with Crippen LogP contribution in [-0.4, -0.2) is 54.1 Å². The molecule has 1 aliphatic heterocycles. The Morgan fingerprint density at radius 2 is 2.15 bits per heavy atom. The molecule has 0 aromatic carbocycles. The summed E-state index contributed by atoms with van der Waals surface area (Å²) in [6, 6.07) is -0.620. The molecule has 4 atom stereocenters. The first-order valence-electron chi connectivity index (χ1n) is 4.36. The smallest absolute Gasteiger partial charge is 0.113 e. The molecule has 0 saturated carbocycles. The van der Waals surface area contributed by atoms with Gasteiger partial charge >= 0.3 is 0 Å². The highest BCUT2D eigenvalue weighted by molar-refractivity contribution is 6.11. The van der Waals surface area contributed by atoms with Crippen molar-refractivity contribution in [1.29, 1.82) is 0 Å². The van der Waals surface area contributed by atoms with Crippen LogP contribution in [0.5, 0.6) is 0 Å². The van der Waals surface area contributed by atoms with Crippen molar-refractivity contribution in [3.05, 3.63) is 0 Å². The van der Waals surface area contributed by atoms with Gasteiger partial charge in [-0.1, -0.05) is 0 Å². The van der Waals surface area contributed by atoms with E-state index in [0.29, 0.717) is 6.42 Å². The van der Waals surface area contributed by atoms with E-state index in [1.807, 2.05) is 0 Å². The summed E-state index contributed by atoms with van der Waals surface area (Å²) in [6.45, 7) is 1.21. The van der Waals surface area contributed by atoms with E-state index >= 15 is 0 Å². The average Bonchev–Trinajstić information content (AvgIpc) is 2.11. The van der Waals surface area contributed by atoms with Crippen LogP contribution < -0.4 is 0 Å². The number of rotatable bonds is 2. The van der Waals surface area contributed by atoms with Gasteiger partial charge in [0.15, 0.2) is 0 Å². The SMILES string of the molecule is [B][C@@H]1O[C@](C)(CO)C(O)CC1CO. The van der Waals surface area contributed by atoms with Crippen molar-refractivity contribution < 1.29 is 20.1 Å². The number of hydrogen-bond acceptors (Lipinski definition) is 4. The molecule has 1 heterocycles. The van der Waals surface area contributed by atoms with Crippen molar-refractivity contribution in [1.82, 2.24) is 0 Å².